The maximum absolute atomic E-state index is 12.1. The molecular weight excluding hydrogens is 356 g/mol. The van der Waals surface area contributed by atoms with Crippen molar-refractivity contribution < 1.29 is 19.1 Å². The fourth-order valence-corrected chi connectivity index (χ4v) is 2.05. The third-order valence-corrected chi connectivity index (χ3v) is 3.53. The van der Waals surface area contributed by atoms with Gasteiger partial charge in [0.1, 0.15) is 18.1 Å². The summed E-state index contributed by atoms with van der Waals surface area (Å²) in [6.45, 7) is 5.51. The van der Waals surface area contributed by atoms with E-state index in [9.17, 15) is 9.59 Å². The van der Waals surface area contributed by atoms with Gasteiger partial charge in [-0.1, -0.05) is 24.3 Å². The molecule has 6 nitrogen and oxygen atoms in total. The largest absolute Gasteiger partial charge is 0.490 e. The second kappa shape index (κ2) is 9.48. The molecule has 7 heteroatoms. The number of hydrogen-bond acceptors (Lipinski definition) is 4. The highest BCUT2D eigenvalue weighted by Crippen LogP contribution is 2.16. The van der Waals surface area contributed by atoms with Crippen LogP contribution in [0.2, 0.25) is 5.02 Å². The predicted molar refractivity (Wildman–Crippen MR) is 99.3 cm³/mol. The van der Waals surface area contributed by atoms with Crippen LogP contribution in [-0.2, 0) is 4.79 Å². The molecule has 2 N–H and O–H groups in total. The molecule has 0 spiro atoms. The predicted octanol–water partition coefficient (Wildman–Crippen LogP) is 3.13. The second-order valence-corrected chi connectivity index (χ2v) is 5.72. The Kier molecular flexibility index (Phi) is 7.05. The molecule has 136 valence electrons. The number of carbonyl (C=O) groups is 2. The average Bonchev–Trinajstić information content (AvgIpc) is 2.66. The van der Waals surface area contributed by atoms with E-state index >= 15 is 0 Å². The number of nitrogens with one attached hydrogen (secondary N) is 2. The van der Waals surface area contributed by atoms with Crippen LogP contribution in [0.3, 0.4) is 0 Å². The molecule has 0 radical (unpaired) electrons. The summed E-state index contributed by atoms with van der Waals surface area (Å²) in [5, 5.41) is 0.572. The van der Waals surface area contributed by atoms with Crippen LogP contribution < -0.4 is 20.3 Å². The molecule has 0 aliphatic carbocycles. The number of halogens is 1. The molecule has 0 fully saturated rings. The van der Waals surface area contributed by atoms with Crippen LogP contribution in [-0.4, -0.2) is 24.5 Å². The molecule has 0 aliphatic rings. The molecule has 0 saturated heterocycles. The molecule has 26 heavy (non-hydrogen) atoms. The summed E-state index contributed by atoms with van der Waals surface area (Å²) in [4.78, 5) is 24.1. The molecule has 2 aromatic rings. The lowest BCUT2D eigenvalue weighted by Gasteiger charge is -2.15. The summed E-state index contributed by atoms with van der Waals surface area (Å²) in [6.07, 6.45) is 0.829. The third-order valence-electron chi connectivity index (χ3n) is 3.28. The highest BCUT2D eigenvalue weighted by atomic mass is 35.5. The van der Waals surface area contributed by atoms with Gasteiger partial charge in [-0.3, -0.25) is 20.4 Å². The van der Waals surface area contributed by atoms with Crippen LogP contribution in [0.5, 0.6) is 11.5 Å². The Hall–Kier alpha value is -2.99. The minimum Gasteiger partial charge on any atom is -0.490 e. The highest BCUT2D eigenvalue weighted by molar-refractivity contribution is 6.30. The normalized spacial score (nSPS) is 11.2. The lowest BCUT2D eigenvalue weighted by molar-refractivity contribution is -0.128. The standard InChI is InChI=1S/C19H19ClN2O4/c1-3-12-25-16-8-4-14(5-9-16)19(24)22-21-18(23)13(2)26-17-10-6-15(20)7-11-17/h3-11,13H,1,12H2,2H3,(H,21,23)(H,22,24). The van der Waals surface area contributed by atoms with Gasteiger partial charge in [0.2, 0.25) is 0 Å². The average molecular weight is 375 g/mol. The van der Waals surface area contributed by atoms with Crippen molar-refractivity contribution in [3.8, 4) is 11.5 Å². The molecule has 0 aliphatic heterocycles. The minimum absolute atomic E-state index is 0.377. The SMILES string of the molecule is C=CCOc1ccc(C(=O)NNC(=O)C(C)Oc2ccc(Cl)cc2)cc1. The van der Waals surface area contributed by atoms with Crippen LogP contribution in [0.4, 0.5) is 0 Å². The van der Waals surface area contributed by atoms with E-state index in [1.54, 1.807) is 61.5 Å². The fourth-order valence-electron chi connectivity index (χ4n) is 1.92. The smallest absolute Gasteiger partial charge is 0.279 e. The van der Waals surface area contributed by atoms with E-state index in [1.807, 2.05) is 0 Å². The third kappa shape index (κ3) is 5.82. The summed E-state index contributed by atoms with van der Waals surface area (Å²) in [7, 11) is 0. The number of benzene rings is 2. The number of carbonyl (C=O) groups excluding carboxylic acids is 2. The van der Waals surface area contributed by atoms with E-state index in [1.165, 1.54) is 0 Å². The summed E-state index contributed by atoms with van der Waals surface area (Å²) in [6, 6.07) is 13.1. The van der Waals surface area contributed by atoms with Crippen LogP contribution in [0.1, 0.15) is 17.3 Å². The van der Waals surface area contributed by atoms with E-state index in [-0.39, 0.29) is 0 Å². The van der Waals surface area contributed by atoms with Crippen LogP contribution >= 0.6 is 11.6 Å². The molecule has 0 aromatic heterocycles. The Morgan fingerprint density at radius 1 is 1.08 bits per heavy atom. The number of hydrazine groups is 1. The van der Waals surface area contributed by atoms with Gasteiger partial charge in [0.25, 0.3) is 11.8 Å². The molecular formula is C19H19ClN2O4. The Morgan fingerprint density at radius 3 is 2.31 bits per heavy atom. The Balaban J connectivity index is 1.82. The van der Waals surface area contributed by atoms with Crippen LogP contribution in [0, 0.1) is 0 Å². The van der Waals surface area contributed by atoms with E-state index in [0.29, 0.717) is 28.7 Å². The zero-order valence-electron chi connectivity index (χ0n) is 14.2. The molecule has 1 unspecified atom stereocenters. The molecule has 0 saturated carbocycles. The van der Waals surface area contributed by atoms with Crippen molar-refractivity contribution in [3.05, 3.63) is 71.8 Å². The Morgan fingerprint density at radius 2 is 1.69 bits per heavy atom. The number of amides is 2. The summed E-state index contributed by atoms with van der Waals surface area (Å²) < 4.78 is 10.8. The van der Waals surface area contributed by atoms with Gasteiger partial charge < -0.3 is 9.47 Å². The quantitative estimate of drug-likeness (QED) is 0.576. The zero-order valence-corrected chi connectivity index (χ0v) is 15.0. The minimum atomic E-state index is -0.800. The molecule has 0 bridgehead atoms. The van der Waals surface area contributed by atoms with Crippen molar-refractivity contribution in [1.82, 2.24) is 10.9 Å². The van der Waals surface area contributed by atoms with Gasteiger partial charge in [-0.25, -0.2) is 0 Å². The molecule has 0 heterocycles. The van der Waals surface area contributed by atoms with E-state index in [4.69, 9.17) is 21.1 Å². The van der Waals surface area contributed by atoms with E-state index < -0.39 is 17.9 Å². The van der Waals surface area contributed by atoms with Crippen molar-refractivity contribution in [3.63, 3.8) is 0 Å². The van der Waals surface area contributed by atoms with Gasteiger partial charge in [-0.05, 0) is 55.5 Å². The maximum atomic E-state index is 12.1. The molecule has 2 amide bonds. The molecule has 2 aromatic carbocycles. The summed E-state index contributed by atoms with van der Waals surface area (Å²) in [5.74, 6) is 0.181. The van der Waals surface area contributed by atoms with Gasteiger partial charge in [-0.2, -0.15) is 0 Å². The van der Waals surface area contributed by atoms with Gasteiger partial charge in [0, 0.05) is 10.6 Å². The lowest BCUT2D eigenvalue weighted by Crippen LogP contribution is -2.47. The van der Waals surface area contributed by atoms with Crippen molar-refractivity contribution >= 4 is 23.4 Å². The zero-order chi connectivity index (χ0) is 18.9. The van der Waals surface area contributed by atoms with Crippen molar-refractivity contribution in [1.29, 1.82) is 0 Å². The number of ether oxygens (including phenoxy) is 2. The highest BCUT2D eigenvalue weighted by Gasteiger charge is 2.16. The lowest BCUT2D eigenvalue weighted by atomic mass is 10.2. The van der Waals surface area contributed by atoms with Crippen molar-refractivity contribution in [2.45, 2.75) is 13.0 Å². The van der Waals surface area contributed by atoms with E-state index in [2.05, 4.69) is 17.4 Å². The summed E-state index contributed by atoms with van der Waals surface area (Å²) >= 11 is 5.79. The van der Waals surface area contributed by atoms with Crippen molar-refractivity contribution in [2.24, 2.45) is 0 Å². The molecule has 2 rings (SSSR count). The first kappa shape index (κ1) is 19.3. The number of hydrogen-bond donors (Lipinski definition) is 2. The fraction of sp³-hybridized carbons (Fsp3) is 0.158. The Bertz CT molecular complexity index is 760. The van der Waals surface area contributed by atoms with Crippen molar-refractivity contribution in [2.75, 3.05) is 6.61 Å². The number of rotatable bonds is 7. The second-order valence-electron chi connectivity index (χ2n) is 5.28. The maximum Gasteiger partial charge on any atom is 0.279 e. The molecule has 1 atom stereocenters. The van der Waals surface area contributed by atoms with Crippen LogP contribution in [0.25, 0.3) is 0 Å². The first-order valence-corrected chi connectivity index (χ1v) is 8.23. The van der Waals surface area contributed by atoms with Gasteiger partial charge >= 0.3 is 0 Å². The Labute approximate surface area is 156 Å². The summed E-state index contributed by atoms with van der Waals surface area (Å²) in [5.41, 5.74) is 5.05. The van der Waals surface area contributed by atoms with Gasteiger partial charge in [-0.15, -0.1) is 0 Å². The van der Waals surface area contributed by atoms with E-state index in [0.717, 1.165) is 0 Å². The first-order valence-electron chi connectivity index (χ1n) is 7.86. The van der Waals surface area contributed by atoms with Gasteiger partial charge in [0.05, 0.1) is 0 Å². The monoisotopic (exact) mass is 374 g/mol. The van der Waals surface area contributed by atoms with Crippen LogP contribution in [0.15, 0.2) is 61.2 Å². The first-order chi connectivity index (χ1) is 12.5. The van der Waals surface area contributed by atoms with Gasteiger partial charge in [0.15, 0.2) is 6.10 Å². The topological polar surface area (TPSA) is 76.7 Å².